The molecule has 0 atom stereocenters. The molecule has 4 heterocycles. The van der Waals surface area contributed by atoms with Crippen molar-refractivity contribution >= 4 is 98.0 Å². The summed E-state index contributed by atoms with van der Waals surface area (Å²) in [6.07, 6.45) is 0. The molecule has 0 bridgehead atoms. The van der Waals surface area contributed by atoms with Crippen LogP contribution in [0.4, 0.5) is 0 Å². The monoisotopic (exact) mass is 776 g/mol. The summed E-state index contributed by atoms with van der Waals surface area (Å²) in [4.78, 5) is 10.8. The van der Waals surface area contributed by atoms with E-state index in [1.807, 2.05) is 0 Å². The van der Waals surface area contributed by atoms with Gasteiger partial charge < -0.3 is 13.6 Å². The Bertz CT molecular complexity index is 4010. The van der Waals surface area contributed by atoms with Crippen molar-refractivity contribution in [3.05, 3.63) is 194 Å². The number of nitrogens with zero attached hydrogens (tertiary/aromatic N) is 4. The van der Waals surface area contributed by atoms with E-state index in [0.717, 1.165) is 88.4 Å². The molecule has 10 aromatic carbocycles. The molecule has 5 nitrogen and oxygen atoms in total. The smallest absolute Gasteiger partial charge is 0.161 e. The highest BCUT2D eigenvalue weighted by atomic mass is 16.3. The summed E-state index contributed by atoms with van der Waals surface area (Å²) in [6.45, 7) is 0. The third-order valence-electron chi connectivity index (χ3n) is 12.9. The quantitative estimate of drug-likeness (QED) is 0.179. The standard InChI is InChI=1S/C56H32N4O/c1-2-14-36(15-3-1)59-44-21-9-7-18-39(44)40-27-24-35(32-48(40)59)55-42-19-6-8-20-43(42)57-56(58-55)41-28-31-45(38-17-5-4-16-37(38)41)60-46-29-25-33-12-10-22-49-51(33)53(46)54-47(60)30-26-34-13-11-23-50(61-49)52(34)54/h1-32H. The van der Waals surface area contributed by atoms with E-state index < -0.39 is 0 Å². The van der Waals surface area contributed by atoms with Crippen molar-refractivity contribution in [1.29, 1.82) is 0 Å². The summed E-state index contributed by atoms with van der Waals surface area (Å²) >= 11 is 0. The second kappa shape index (κ2) is 12.1. The van der Waals surface area contributed by atoms with Crippen molar-refractivity contribution in [2.45, 2.75) is 0 Å². The predicted octanol–water partition coefficient (Wildman–Crippen LogP) is 14.8. The van der Waals surface area contributed by atoms with Gasteiger partial charge in [0.05, 0.1) is 39.0 Å². The van der Waals surface area contributed by atoms with E-state index in [2.05, 4.69) is 203 Å². The Morgan fingerprint density at radius 2 is 1.02 bits per heavy atom. The van der Waals surface area contributed by atoms with Crippen LogP contribution in [0.15, 0.2) is 199 Å². The molecule has 14 rings (SSSR count). The van der Waals surface area contributed by atoms with E-state index in [-0.39, 0.29) is 0 Å². The average Bonchev–Trinajstić information content (AvgIpc) is 3.78. The van der Waals surface area contributed by atoms with Gasteiger partial charge in [0, 0.05) is 59.9 Å². The van der Waals surface area contributed by atoms with Gasteiger partial charge in [-0.2, -0.15) is 0 Å². The lowest BCUT2D eigenvalue weighted by atomic mass is 10.00. The molecule has 14 aromatic rings. The Morgan fingerprint density at radius 3 is 1.77 bits per heavy atom. The first-order chi connectivity index (χ1) is 30.3. The zero-order valence-corrected chi connectivity index (χ0v) is 32.7. The fraction of sp³-hybridized carbons (Fsp3) is 0. The van der Waals surface area contributed by atoms with Gasteiger partial charge in [-0.15, -0.1) is 0 Å². The van der Waals surface area contributed by atoms with Crippen LogP contribution in [0.1, 0.15) is 0 Å². The summed E-state index contributed by atoms with van der Waals surface area (Å²) in [6, 6.07) is 69.3. The van der Waals surface area contributed by atoms with Gasteiger partial charge in [-0.05, 0) is 82.9 Å². The molecule has 0 aliphatic rings. The van der Waals surface area contributed by atoms with E-state index in [1.54, 1.807) is 0 Å². The van der Waals surface area contributed by atoms with Crippen LogP contribution >= 0.6 is 0 Å². The highest BCUT2D eigenvalue weighted by Crippen LogP contribution is 2.46. The Labute approximate surface area is 348 Å². The van der Waals surface area contributed by atoms with Crippen molar-refractivity contribution in [2.24, 2.45) is 0 Å². The lowest BCUT2D eigenvalue weighted by molar-refractivity contribution is 0.664. The fourth-order valence-electron chi connectivity index (χ4n) is 10.3. The maximum atomic E-state index is 6.70. The molecular weight excluding hydrogens is 745 g/mol. The largest absolute Gasteiger partial charge is 0.456 e. The summed E-state index contributed by atoms with van der Waals surface area (Å²) in [5, 5.41) is 12.7. The van der Waals surface area contributed by atoms with Crippen LogP contribution in [0.2, 0.25) is 0 Å². The Morgan fingerprint density at radius 1 is 0.377 bits per heavy atom. The van der Waals surface area contributed by atoms with E-state index in [1.165, 1.54) is 37.8 Å². The molecule has 0 aliphatic heterocycles. The molecular formula is C56H32N4O. The van der Waals surface area contributed by atoms with E-state index in [9.17, 15) is 0 Å². The van der Waals surface area contributed by atoms with E-state index in [0.29, 0.717) is 5.82 Å². The van der Waals surface area contributed by atoms with Crippen LogP contribution in [0, 0.1) is 0 Å². The molecule has 0 N–H and O–H groups in total. The van der Waals surface area contributed by atoms with Crippen LogP contribution in [-0.2, 0) is 0 Å². The molecule has 0 fully saturated rings. The number of benzene rings is 10. The SMILES string of the molecule is c1ccc(-n2c3ccccc3c3ccc(-c4nc(-c5ccc(-n6c7ccc8cccc9oc%10cccc%11ccc6c(c%11%10)c7c89)c6ccccc56)nc5ccccc45)cc32)cc1. The topological polar surface area (TPSA) is 48.8 Å². The van der Waals surface area contributed by atoms with Crippen LogP contribution in [0.5, 0.6) is 0 Å². The number of para-hydroxylation sites is 3. The fourth-order valence-corrected chi connectivity index (χ4v) is 10.3. The van der Waals surface area contributed by atoms with Gasteiger partial charge in [0.25, 0.3) is 0 Å². The average molecular weight is 777 g/mol. The van der Waals surface area contributed by atoms with Gasteiger partial charge >= 0.3 is 0 Å². The van der Waals surface area contributed by atoms with Crippen LogP contribution < -0.4 is 0 Å². The first-order valence-corrected chi connectivity index (χ1v) is 20.7. The lowest BCUT2D eigenvalue weighted by Crippen LogP contribution is -1.99. The van der Waals surface area contributed by atoms with Crippen molar-refractivity contribution < 1.29 is 4.42 Å². The predicted molar refractivity (Wildman–Crippen MR) is 253 cm³/mol. The number of aromatic nitrogens is 4. The molecule has 5 heteroatoms. The maximum Gasteiger partial charge on any atom is 0.161 e. The third-order valence-corrected chi connectivity index (χ3v) is 12.9. The van der Waals surface area contributed by atoms with Crippen molar-refractivity contribution in [1.82, 2.24) is 19.1 Å². The number of hydrogen-bond acceptors (Lipinski definition) is 3. The van der Waals surface area contributed by atoms with Gasteiger partial charge in [-0.3, -0.25) is 0 Å². The maximum absolute atomic E-state index is 6.70. The van der Waals surface area contributed by atoms with Gasteiger partial charge in [-0.1, -0.05) is 127 Å². The van der Waals surface area contributed by atoms with Gasteiger partial charge in [0.1, 0.15) is 11.2 Å². The van der Waals surface area contributed by atoms with E-state index >= 15 is 0 Å². The highest BCUT2D eigenvalue weighted by Gasteiger charge is 2.23. The van der Waals surface area contributed by atoms with Crippen molar-refractivity contribution in [3.8, 4) is 34.0 Å². The summed E-state index contributed by atoms with van der Waals surface area (Å²) in [5.41, 5.74) is 12.5. The summed E-state index contributed by atoms with van der Waals surface area (Å²) in [7, 11) is 0. The molecule has 61 heavy (non-hydrogen) atoms. The summed E-state index contributed by atoms with van der Waals surface area (Å²) < 4.78 is 11.5. The Balaban J connectivity index is 1.02. The first-order valence-electron chi connectivity index (χ1n) is 20.7. The number of rotatable bonds is 4. The zero-order chi connectivity index (χ0) is 39.8. The van der Waals surface area contributed by atoms with Gasteiger partial charge in [0.15, 0.2) is 5.82 Å². The molecule has 282 valence electrons. The second-order valence-corrected chi connectivity index (χ2v) is 16.1. The molecule has 0 radical (unpaired) electrons. The van der Waals surface area contributed by atoms with Gasteiger partial charge in [0.2, 0.25) is 0 Å². The van der Waals surface area contributed by atoms with Crippen LogP contribution in [0.25, 0.3) is 132 Å². The molecule has 0 unspecified atom stereocenters. The highest BCUT2D eigenvalue weighted by molar-refractivity contribution is 6.34. The molecule has 0 saturated heterocycles. The normalized spacial score (nSPS) is 12.3. The molecule has 0 aliphatic carbocycles. The molecule has 0 spiro atoms. The van der Waals surface area contributed by atoms with Crippen LogP contribution in [0.3, 0.4) is 0 Å². The lowest BCUT2D eigenvalue weighted by Gasteiger charge is -2.16. The Kier molecular flexibility index (Phi) is 6.49. The summed E-state index contributed by atoms with van der Waals surface area (Å²) in [5.74, 6) is 0.695. The molecule has 4 aromatic heterocycles. The van der Waals surface area contributed by atoms with Gasteiger partial charge in [-0.25, -0.2) is 9.97 Å². The molecule has 0 saturated carbocycles. The van der Waals surface area contributed by atoms with Crippen LogP contribution in [-0.4, -0.2) is 19.1 Å². The number of fused-ring (bicyclic) bond motifs is 5. The zero-order valence-electron chi connectivity index (χ0n) is 32.7. The van der Waals surface area contributed by atoms with Crippen molar-refractivity contribution in [3.63, 3.8) is 0 Å². The number of hydrogen-bond donors (Lipinski definition) is 0. The third kappa shape index (κ3) is 4.49. The van der Waals surface area contributed by atoms with Crippen molar-refractivity contribution in [2.75, 3.05) is 0 Å². The minimum atomic E-state index is 0.695. The second-order valence-electron chi connectivity index (χ2n) is 16.1. The first kappa shape index (κ1) is 32.7. The Hall–Kier alpha value is -8.28. The minimum Gasteiger partial charge on any atom is -0.456 e. The van der Waals surface area contributed by atoms with E-state index in [4.69, 9.17) is 14.4 Å². The molecule has 0 amide bonds. The minimum absolute atomic E-state index is 0.695.